The van der Waals surface area contributed by atoms with E-state index in [1.54, 1.807) is 0 Å². The van der Waals surface area contributed by atoms with Gasteiger partial charge in [0.15, 0.2) is 0 Å². The summed E-state index contributed by atoms with van der Waals surface area (Å²) in [5.41, 5.74) is -0.763. The summed E-state index contributed by atoms with van der Waals surface area (Å²) in [5, 5.41) is 10.7. The summed E-state index contributed by atoms with van der Waals surface area (Å²) in [6.07, 6.45) is 2.21. The van der Waals surface area contributed by atoms with Crippen molar-refractivity contribution in [3.05, 3.63) is 0 Å². The van der Waals surface area contributed by atoms with Crippen LogP contribution in [-0.2, 0) is 9.59 Å². The maximum atomic E-state index is 11.8. The van der Waals surface area contributed by atoms with E-state index < -0.39 is 11.4 Å². The normalized spacial score (nSPS) is 36.4. The first-order valence-corrected chi connectivity index (χ1v) is 5.13. The molecule has 2 fully saturated rings. The van der Waals surface area contributed by atoms with Crippen LogP contribution in [0.15, 0.2) is 0 Å². The third-order valence-corrected chi connectivity index (χ3v) is 4.59. The first-order chi connectivity index (χ1) is 6.40. The molecule has 0 N–H and O–H groups in total. The number of Topliss-reactive ketones (excluding diaryl/α,β-unsaturated/α-hetero) is 1. The molecule has 4 heteroatoms. The largest absolute Gasteiger partial charge is 1.00 e. The molecule has 2 atom stereocenters. The van der Waals surface area contributed by atoms with Gasteiger partial charge in [0.2, 0.25) is 0 Å². The maximum absolute atomic E-state index is 11.8. The van der Waals surface area contributed by atoms with Crippen molar-refractivity contribution in [3.8, 4) is 0 Å². The summed E-state index contributed by atoms with van der Waals surface area (Å²) >= 11 is 0. The molecule has 0 aromatic rings. The number of carbonyl (C=O) groups excluding carboxylic acids is 2. The summed E-state index contributed by atoms with van der Waals surface area (Å²) in [7, 11) is 0. The quantitative estimate of drug-likeness (QED) is 0.466. The Morgan fingerprint density at radius 3 is 2.47 bits per heavy atom. The van der Waals surface area contributed by atoms with Crippen LogP contribution in [0.4, 0.5) is 0 Å². The molecule has 2 bridgehead atoms. The molecular formula is C11H15LiO3. The molecule has 0 radical (unpaired) electrons. The van der Waals surface area contributed by atoms with Crippen LogP contribution in [0.5, 0.6) is 0 Å². The van der Waals surface area contributed by atoms with Gasteiger partial charge in [-0.25, -0.2) is 0 Å². The molecule has 0 aromatic heterocycles. The van der Waals surface area contributed by atoms with Crippen molar-refractivity contribution < 1.29 is 33.6 Å². The fourth-order valence-corrected chi connectivity index (χ4v) is 3.43. The summed E-state index contributed by atoms with van der Waals surface area (Å²) < 4.78 is 0. The molecule has 2 aliphatic carbocycles. The van der Waals surface area contributed by atoms with Crippen molar-refractivity contribution in [1.82, 2.24) is 0 Å². The van der Waals surface area contributed by atoms with Crippen LogP contribution in [0.1, 0.15) is 39.5 Å². The van der Waals surface area contributed by atoms with E-state index in [-0.39, 0.29) is 36.5 Å². The van der Waals surface area contributed by atoms with Crippen molar-refractivity contribution in [2.75, 3.05) is 0 Å². The Bertz CT molecular complexity index is 311. The van der Waals surface area contributed by atoms with Crippen LogP contribution in [0, 0.1) is 16.7 Å². The van der Waals surface area contributed by atoms with Gasteiger partial charge in [-0.2, -0.15) is 0 Å². The van der Waals surface area contributed by atoms with Gasteiger partial charge < -0.3 is 9.90 Å². The molecule has 0 spiro atoms. The molecule has 15 heavy (non-hydrogen) atoms. The first-order valence-electron chi connectivity index (χ1n) is 5.13. The summed E-state index contributed by atoms with van der Waals surface area (Å²) in [6, 6.07) is 0. The topological polar surface area (TPSA) is 57.2 Å². The molecular weight excluding hydrogens is 187 g/mol. The predicted octanol–water partition coefficient (Wildman–Crippen LogP) is -2.47. The van der Waals surface area contributed by atoms with Crippen molar-refractivity contribution in [2.45, 2.75) is 39.5 Å². The minimum atomic E-state index is -1.09. The van der Waals surface area contributed by atoms with E-state index in [0.29, 0.717) is 12.3 Å². The number of hydrogen-bond acceptors (Lipinski definition) is 3. The Labute approximate surface area is 102 Å². The zero-order valence-corrected chi connectivity index (χ0v) is 9.63. The molecule has 2 unspecified atom stereocenters. The van der Waals surface area contributed by atoms with E-state index in [1.165, 1.54) is 0 Å². The molecule has 78 valence electrons. The van der Waals surface area contributed by atoms with E-state index in [2.05, 4.69) is 0 Å². The molecule has 2 rings (SSSR count). The summed E-state index contributed by atoms with van der Waals surface area (Å²) in [5.74, 6) is -0.564. The minimum Gasteiger partial charge on any atom is -0.550 e. The second kappa shape index (κ2) is 3.64. The summed E-state index contributed by atoms with van der Waals surface area (Å²) in [4.78, 5) is 22.5. The van der Waals surface area contributed by atoms with Crippen LogP contribution >= 0.6 is 0 Å². The number of hydrogen-bond donors (Lipinski definition) is 0. The first kappa shape index (κ1) is 12.8. The van der Waals surface area contributed by atoms with E-state index in [1.807, 2.05) is 13.8 Å². The van der Waals surface area contributed by atoms with Crippen LogP contribution in [0.25, 0.3) is 0 Å². The number of carboxylic acids is 1. The smallest absolute Gasteiger partial charge is 0.550 e. The van der Waals surface area contributed by atoms with E-state index in [9.17, 15) is 14.7 Å². The van der Waals surface area contributed by atoms with Gasteiger partial charge in [0.05, 0.1) is 0 Å². The van der Waals surface area contributed by atoms with Gasteiger partial charge in [-0.05, 0) is 24.2 Å². The monoisotopic (exact) mass is 202 g/mol. The van der Waals surface area contributed by atoms with Crippen LogP contribution in [-0.4, -0.2) is 11.8 Å². The maximum Gasteiger partial charge on any atom is 1.00 e. The molecule has 0 saturated heterocycles. The van der Waals surface area contributed by atoms with Crippen molar-refractivity contribution in [3.63, 3.8) is 0 Å². The van der Waals surface area contributed by atoms with Crippen LogP contribution in [0.2, 0.25) is 0 Å². The third-order valence-electron chi connectivity index (χ3n) is 4.59. The van der Waals surface area contributed by atoms with Gasteiger partial charge in [-0.15, -0.1) is 0 Å². The third kappa shape index (κ3) is 1.48. The second-order valence-corrected chi connectivity index (χ2v) is 5.22. The zero-order valence-electron chi connectivity index (χ0n) is 9.63. The van der Waals surface area contributed by atoms with Gasteiger partial charge in [0.25, 0.3) is 0 Å². The van der Waals surface area contributed by atoms with Crippen LogP contribution in [0.3, 0.4) is 0 Å². The van der Waals surface area contributed by atoms with E-state index >= 15 is 0 Å². The Hall–Kier alpha value is -0.263. The molecule has 0 aliphatic heterocycles. The Morgan fingerprint density at radius 1 is 1.53 bits per heavy atom. The van der Waals surface area contributed by atoms with E-state index in [4.69, 9.17) is 0 Å². The molecule has 0 aromatic carbocycles. The number of rotatable bonds is 2. The van der Waals surface area contributed by atoms with Crippen molar-refractivity contribution in [1.29, 1.82) is 0 Å². The number of carbonyl (C=O) groups is 2. The van der Waals surface area contributed by atoms with Gasteiger partial charge in [0.1, 0.15) is 5.78 Å². The predicted molar refractivity (Wildman–Crippen MR) is 48.2 cm³/mol. The zero-order chi connectivity index (χ0) is 10.6. The average Bonchev–Trinajstić information content (AvgIpc) is 2.36. The van der Waals surface area contributed by atoms with Crippen molar-refractivity contribution >= 4 is 11.8 Å². The Balaban J connectivity index is 0.00000112. The number of aliphatic carboxylic acids is 1. The number of ketones is 1. The van der Waals surface area contributed by atoms with Gasteiger partial charge in [-0.3, -0.25) is 4.79 Å². The fourth-order valence-electron chi connectivity index (χ4n) is 3.43. The molecule has 2 aliphatic rings. The Kier molecular flexibility index (Phi) is 3.11. The van der Waals surface area contributed by atoms with Gasteiger partial charge >= 0.3 is 18.9 Å². The fraction of sp³-hybridized carbons (Fsp3) is 0.818. The number of carboxylic acid groups (broad SMARTS) is 1. The minimum absolute atomic E-state index is 0. The molecule has 3 nitrogen and oxygen atoms in total. The van der Waals surface area contributed by atoms with E-state index in [0.717, 1.165) is 12.8 Å². The molecule has 0 heterocycles. The molecule has 2 saturated carbocycles. The number of fused-ring (bicyclic) bond motifs is 2. The second-order valence-electron chi connectivity index (χ2n) is 5.22. The van der Waals surface area contributed by atoms with Crippen LogP contribution < -0.4 is 24.0 Å². The SMILES string of the molecule is CC1(C)C2CCC1(CC(=O)[O-])C(=O)C2.[Li+]. The van der Waals surface area contributed by atoms with Gasteiger partial charge in [-0.1, -0.05) is 13.8 Å². The van der Waals surface area contributed by atoms with Crippen molar-refractivity contribution in [2.24, 2.45) is 16.7 Å². The average molecular weight is 202 g/mol. The van der Waals surface area contributed by atoms with Gasteiger partial charge in [0, 0.05) is 24.2 Å². The standard InChI is InChI=1S/C11H16O3.Li/c1-10(2)7-3-4-11(10,6-9(13)14)8(12)5-7;/h7H,3-6H2,1-2H3,(H,13,14);/q;+1/p-1. The summed E-state index contributed by atoms with van der Waals surface area (Å²) in [6.45, 7) is 4.05. The molecule has 0 amide bonds. The Morgan fingerprint density at radius 2 is 2.13 bits per heavy atom.